The Morgan fingerprint density at radius 1 is 1.38 bits per heavy atom. The summed E-state index contributed by atoms with van der Waals surface area (Å²) in [6, 6.07) is 8.11. The van der Waals surface area contributed by atoms with E-state index in [0.717, 1.165) is 32.9 Å². The fourth-order valence-corrected chi connectivity index (χ4v) is 4.09. The molecule has 3 rings (SSSR count). The number of fused-ring (bicyclic) bond motifs is 1. The van der Waals surface area contributed by atoms with Crippen LogP contribution in [-0.4, -0.2) is 29.2 Å². The Hall–Kier alpha value is -1.53. The zero-order valence-corrected chi connectivity index (χ0v) is 13.6. The maximum absolute atomic E-state index is 12.1. The molecule has 0 saturated heterocycles. The van der Waals surface area contributed by atoms with Crippen molar-refractivity contribution in [1.82, 2.24) is 10.3 Å². The van der Waals surface area contributed by atoms with Gasteiger partial charge in [0.2, 0.25) is 0 Å². The Balaban J connectivity index is 1.86. The minimum absolute atomic E-state index is 0.000885. The number of hydrogen-bond acceptors (Lipinski definition) is 5. The van der Waals surface area contributed by atoms with E-state index in [0.29, 0.717) is 0 Å². The molecule has 0 aliphatic carbocycles. The Morgan fingerprint density at radius 3 is 3.05 bits per heavy atom. The molecule has 2 aromatic rings. The van der Waals surface area contributed by atoms with Gasteiger partial charge in [0.15, 0.2) is 0 Å². The predicted molar refractivity (Wildman–Crippen MR) is 88.9 cm³/mol. The van der Waals surface area contributed by atoms with Gasteiger partial charge in [0.05, 0.1) is 15.6 Å². The summed E-state index contributed by atoms with van der Waals surface area (Å²) in [6.07, 6.45) is 1.82. The molecule has 0 fully saturated rings. The van der Waals surface area contributed by atoms with E-state index in [1.165, 1.54) is 11.3 Å². The molecule has 1 aliphatic heterocycles. The lowest BCUT2D eigenvalue weighted by Gasteiger charge is -2.28. The molecule has 0 aromatic carbocycles. The molecule has 4 nitrogen and oxygen atoms in total. The SMILES string of the molecule is CC(C)NC(=O)c1ccc(N2CCSc3ncccc32)s1. The molecular weight excluding hydrogens is 302 g/mol. The molecule has 1 aliphatic rings. The number of thiophene rings is 1. The first-order chi connectivity index (χ1) is 10.1. The van der Waals surface area contributed by atoms with Gasteiger partial charge in [-0.15, -0.1) is 23.1 Å². The molecule has 0 bridgehead atoms. The summed E-state index contributed by atoms with van der Waals surface area (Å²) in [4.78, 5) is 19.5. The van der Waals surface area contributed by atoms with Crippen LogP contribution in [0.15, 0.2) is 35.5 Å². The highest BCUT2D eigenvalue weighted by Gasteiger charge is 2.21. The number of carbonyl (C=O) groups is 1. The first kappa shape index (κ1) is 14.4. The van der Waals surface area contributed by atoms with Crippen molar-refractivity contribution in [2.75, 3.05) is 17.2 Å². The van der Waals surface area contributed by atoms with Crippen LogP contribution in [0.2, 0.25) is 0 Å². The lowest BCUT2D eigenvalue weighted by molar-refractivity contribution is 0.0947. The van der Waals surface area contributed by atoms with Crippen LogP contribution in [0.1, 0.15) is 23.5 Å². The molecule has 0 atom stereocenters. The summed E-state index contributed by atoms with van der Waals surface area (Å²) in [5.41, 5.74) is 1.13. The third kappa shape index (κ3) is 3.06. The smallest absolute Gasteiger partial charge is 0.261 e. The molecule has 0 saturated carbocycles. The second-order valence-electron chi connectivity index (χ2n) is 5.09. The quantitative estimate of drug-likeness (QED) is 0.940. The average Bonchev–Trinajstić information content (AvgIpc) is 2.95. The maximum Gasteiger partial charge on any atom is 0.261 e. The predicted octanol–water partition coefficient (Wildman–Crippen LogP) is 3.53. The number of amides is 1. The van der Waals surface area contributed by atoms with Crippen LogP contribution in [-0.2, 0) is 0 Å². The lowest BCUT2D eigenvalue weighted by Crippen LogP contribution is -2.29. The Kier molecular flexibility index (Phi) is 4.17. The van der Waals surface area contributed by atoms with Gasteiger partial charge < -0.3 is 10.2 Å². The van der Waals surface area contributed by atoms with Crippen LogP contribution < -0.4 is 10.2 Å². The standard InChI is InChI=1S/C15H17N3OS2/c1-10(2)17-14(19)12-5-6-13(21-12)18-8-9-20-15-11(18)4-3-7-16-15/h3-7,10H,8-9H2,1-2H3,(H,17,19). The first-order valence-electron chi connectivity index (χ1n) is 6.91. The van der Waals surface area contributed by atoms with Gasteiger partial charge in [0.25, 0.3) is 5.91 Å². The van der Waals surface area contributed by atoms with Crippen molar-refractivity contribution in [3.05, 3.63) is 35.3 Å². The van der Waals surface area contributed by atoms with Gasteiger partial charge in [-0.3, -0.25) is 4.79 Å². The van der Waals surface area contributed by atoms with Gasteiger partial charge in [-0.2, -0.15) is 0 Å². The van der Waals surface area contributed by atoms with Crippen LogP contribution in [0.3, 0.4) is 0 Å². The highest BCUT2D eigenvalue weighted by atomic mass is 32.2. The van der Waals surface area contributed by atoms with E-state index in [4.69, 9.17) is 0 Å². The lowest BCUT2D eigenvalue weighted by atomic mass is 10.3. The van der Waals surface area contributed by atoms with Crippen molar-refractivity contribution in [1.29, 1.82) is 0 Å². The number of anilines is 2. The highest BCUT2D eigenvalue weighted by molar-refractivity contribution is 7.99. The summed E-state index contributed by atoms with van der Waals surface area (Å²) in [6.45, 7) is 4.88. The minimum atomic E-state index is -0.000885. The Bertz CT molecular complexity index is 654. The molecule has 0 radical (unpaired) electrons. The average molecular weight is 319 g/mol. The van der Waals surface area contributed by atoms with E-state index < -0.39 is 0 Å². The monoisotopic (exact) mass is 319 g/mol. The number of nitrogens with one attached hydrogen (secondary N) is 1. The zero-order chi connectivity index (χ0) is 14.8. The van der Waals surface area contributed by atoms with Crippen molar-refractivity contribution < 1.29 is 4.79 Å². The summed E-state index contributed by atoms with van der Waals surface area (Å²) in [7, 11) is 0. The van der Waals surface area contributed by atoms with Crippen LogP contribution in [0.25, 0.3) is 0 Å². The van der Waals surface area contributed by atoms with Gasteiger partial charge in [0, 0.05) is 24.5 Å². The molecule has 6 heteroatoms. The third-order valence-electron chi connectivity index (χ3n) is 3.10. The van der Waals surface area contributed by atoms with E-state index in [1.54, 1.807) is 11.8 Å². The Labute approximate surface area is 132 Å². The fourth-order valence-electron chi connectivity index (χ4n) is 2.21. The van der Waals surface area contributed by atoms with Crippen molar-refractivity contribution in [3.8, 4) is 0 Å². The van der Waals surface area contributed by atoms with E-state index in [2.05, 4.69) is 21.3 Å². The molecule has 3 heterocycles. The topological polar surface area (TPSA) is 45.2 Å². The fraction of sp³-hybridized carbons (Fsp3) is 0.333. The summed E-state index contributed by atoms with van der Waals surface area (Å²) < 4.78 is 0. The van der Waals surface area contributed by atoms with Gasteiger partial charge in [-0.1, -0.05) is 0 Å². The molecule has 0 spiro atoms. The van der Waals surface area contributed by atoms with E-state index in [9.17, 15) is 4.79 Å². The van der Waals surface area contributed by atoms with Gasteiger partial charge in [-0.25, -0.2) is 4.98 Å². The number of nitrogens with zero attached hydrogens (tertiary/aromatic N) is 2. The normalized spacial score (nSPS) is 14.1. The minimum Gasteiger partial charge on any atom is -0.349 e. The van der Waals surface area contributed by atoms with Crippen LogP contribution in [0.4, 0.5) is 10.7 Å². The molecule has 21 heavy (non-hydrogen) atoms. The molecular formula is C15H17N3OS2. The van der Waals surface area contributed by atoms with E-state index in [-0.39, 0.29) is 11.9 Å². The van der Waals surface area contributed by atoms with Crippen LogP contribution in [0, 0.1) is 0 Å². The van der Waals surface area contributed by atoms with Crippen molar-refractivity contribution in [2.45, 2.75) is 24.9 Å². The second kappa shape index (κ2) is 6.07. The number of hydrogen-bond donors (Lipinski definition) is 1. The van der Waals surface area contributed by atoms with E-state index in [1.807, 2.05) is 38.2 Å². The van der Waals surface area contributed by atoms with E-state index >= 15 is 0 Å². The van der Waals surface area contributed by atoms with Crippen molar-refractivity contribution in [2.24, 2.45) is 0 Å². The number of pyridine rings is 1. The second-order valence-corrected chi connectivity index (χ2v) is 7.24. The number of carbonyl (C=O) groups excluding carboxylic acids is 1. The van der Waals surface area contributed by atoms with Crippen LogP contribution in [0.5, 0.6) is 0 Å². The van der Waals surface area contributed by atoms with Gasteiger partial charge in [0.1, 0.15) is 5.03 Å². The summed E-state index contributed by atoms with van der Waals surface area (Å²) in [5.74, 6) is 1.01. The summed E-state index contributed by atoms with van der Waals surface area (Å²) in [5, 5.41) is 5.09. The highest BCUT2D eigenvalue weighted by Crippen LogP contribution is 2.39. The molecule has 2 aromatic heterocycles. The van der Waals surface area contributed by atoms with Crippen molar-refractivity contribution in [3.63, 3.8) is 0 Å². The number of aromatic nitrogens is 1. The zero-order valence-electron chi connectivity index (χ0n) is 12.0. The Morgan fingerprint density at radius 2 is 2.24 bits per heavy atom. The first-order valence-corrected chi connectivity index (χ1v) is 8.71. The van der Waals surface area contributed by atoms with Crippen molar-refractivity contribution >= 4 is 39.7 Å². The van der Waals surface area contributed by atoms with Gasteiger partial charge >= 0.3 is 0 Å². The van der Waals surface area contributed by atoms with Crippen LogP contribution >= 0.6 is 23.1 Å². The third-order valence-corrected chi connectivity index (χ3v) is 5.18. The maximum atomic E-state index is 12.1. The number of rotatable bonds is 3. The summed E-state index contributed by atoms with van der Waals surface area (Å²) >= 11 is 3.31. The largest absolute Gasteiger partial charge is 0.349 e. The molecule has 1 amide bonds. The van der Waals surface area contributed by atoms with Gasteiger partial charge in [-0.05, 0) is 38.1 Å². The molecule has 1 N–H and O–H groups in total. The molecule has 110 valence electrons. The molecule has 0 unspecified atom stereocenters. The number of thioether (sulfide) groups is 1.